The van der Waals surface area contributed by atoms with Crippen LogP contribution < -0.4 is 0 Å². The van der Waals surface area contributed by atoms with Gasteiger partial charge in [-0.05, 0) is 108 Å². The van der Waals surface area contributed by atoms with Gasteiger partial charge in [0.05, 0.1) is 72.6 Å². The highest BCUT2D eigenvalue weighted by Crippen LogP contribution is 2.46. The van der Waals surface area contributed by atoms with Gasteiger partial charge in [-0.1, -0.05) is 309 Å². The summed E-state index contributed by atoms with van der Waals surface area (Å²) in [7, 11) is 0. The van der Waals surface area contributed by atoms with E-state index < -0.39 is 0 Å². The minimum absolute atomic E-state index is 0.689. The number of aromatic nitrogens is 8. The van der Waals surface area contributed by atoms with Crippen LogP contribution in [0.3, 0.4) is 0 Å². The number of rotatable bonds is 11. The Morgan fingerprint density at radius 3 is 1.01 bits per heavy atom. The van der Waals surface area contributed by atoms with Crippen LogP contribution in [0.4, 0.5) is 0 Å². The first-order valence-corrected chi connectivity index (χ1v) is 37.3. The molecule has 0 radical (unpaired) electrons. The van der Waals surface area contributed by atoms with E-state index in [1.807, 2.05) is 36.4 Å². The Bertz CT molecular complexity index is 7200. The maximum Gasteiger partial charge on any atom is 0.160 e. The number of fused-ring (bicyclic) bond motifs is 15. The Labute approximate surface area is 634 Å². The van der Waals surface area contributed by atoms with Crippen molar-refractivity contribution < 1.29 is 0 Å². The van der Waals surface area contributed by atoms with Crippen molar-refractivity contribution in [3.8, 4) is 102 Å². The van der Waals surface area contributed by atoms with Gasteiger partial charge < -0.3 is 18.3 Å². The molecule has 0 aliphatic heterocycles. The van der Waals surface area contributed by atoms with Gasteiger partial charge in [-0.2, -0.15) is 0 Å². The summed E-state index contributed by atoms with van der Waals surface area (Å²) in [5.41, 5.74) is 25.9. The van der Waals surface area contributed by atoms with Crippen LogP contribution in [0.25, 0.3) is 200 Å². The summed E-state index contributed by atoms with van der Waals surface area (Å²) in [5.74, 6) is 1.39. The first-order valence-electron chi connectivity index (χ1n) is 37.3. The second-order valence-corrected chi connectivity index (χ2v) is 28.0. The Balaban J connectivity index is 0.000000140. The van der Waals surface area contributed by atoms with Crippen molar-refractivity contribution in [3.63, 3.8) is 0 Å². The summed E-state index contributed by atoms with van der Waals surface area (Å²) in [6, 6.07) is 142. The number of para-hydroxylation sites is 4. The highest BCUT2D eigenvalue weighted by molar-refractivity contribution is 6.28. The molecule has 0 aliphatic carbocycles. The van der Waals surface area contributed by atoms with Gasteiger partial charge in [0, 0.05) is 98.9 Å². The zero-order valence-corrected chi connectivity index (χ0v) is 59.7. The van der Waals surface area contributed by atoms with E-state index in [1.54, 1.807) is 0 Å². The van der Waals surface area contributed by atoms with Crippen LogP contribution in [0.1, 0.15) is 0 Å². The summed E-state index contributed by atoms with van der Waals surface area (Å²) < 4.78 is 9.76. The third-order valence-corrected chi connectivity index (χ3v) is 21.6. The minimum atomic E-state index is 0.689. The fraction of sp³-hybridized carbons (Fsp3) is 0. The average Bonchev–Trinajstić information content (AvgIpc) is 1.55. The zero-order chi connectivity index (χ0) is 72.6. The molecule has 110 heavy (non-hydrogen) atoms. The van der Waals surface area contributed by atoms with E-state index in [4.69, 9.17) is 19.9 Å². The lowest BCUT2D eigenvalue weighted by molar-refractivity contribution is 1.16. The molecule has 0 unspecified atom stereocenters. The Morgan fingerprint density at radius 1 is 0.173 bits per heavy atom. The molecule has 0 atom stereocenters. The van der Waals surface area contributed by atoms with Crippen LogP contribution in [0.5, 0.6) is 0 Å². The molecule has 22 aromatic rings. The van der Waals surface area contributed by atoms with E-state index in [2.05, 4.69) is 382 Å². The van der Waals surface area contributed by atoms with Gasteiger partial charge in [-0.3, -0.25) is 0 Å². The third kappa shape index (κ3) is 10.8. The molecule has 0 N–H and O–H groups in total. The molecule has 514 valence electrons. The lowest BCUT2D eigenvalue weighted by atomic mass is 10.0. The van der Waals surface area contributed by atoms with Gasteiger partial charge in [-0.15, -0.1) is 0 Å². The predicted octanol–water partition coefficient (Wildman–Crippen LogP) is 26.2. The molecule has 0 saturated carbocycles. The largest absolute Gasteiger partial charge is 0.309 e. The zero-order valence-electron chi connectivity index (χ0n) is 59.7. The number of nitrogens with zero attached hydrogens (tertiary/aromatic N) is 8. The van der Waals surface area contributed by atoms with Crippen molar-refractivity contribution in [1.82, 2.24) is 38.2 Å². The minimum Gasteiger partial charge on any atom is -0.309 e. The van der Waals surface area contributed by atoms with E-state index >= 15 is 0 Å². The van der Waals surface area contributed by atoms with Crippen molar-refractivity contribution in [2.75, 3.05) is 0 Å². The molecule has 22 rings (SSSR count). The molecule has 0 aliphatic rings. The van der Waals surface area contributed by atoms with Gasteiger partial charge in [0.1, 0.15) is 0 Å². The highest BCUT2D eigenvalue weighted by atomic mass is 15.0. The van der Waals surface area contributed by atoms with Crippen molar-refractivity contribution >= 4 is 98.0 Å². The molecule has 8 nitrogen and oxygen atoms in total. The van der Waals surface area contributed by atoms with E-state index in [0.717, 1.165) is 95.3 Å². The standard InChI is InChI=1S/C52H34N4.C50H32N4/c1-4-16-35(17-5-1)38-22-14-25-41(32-38)56-47-28-12-10-26-42(47)43-30-31-49-50(51(43)56)44-27-11-13-29-48(44)55(49)40-24-15-23-39(33-40)52-53-45(36-18-6-2-7-19-36)34-46(54-52)37-20-8-3-9-21-37;1-3-16-34(17-4-1)42-32-43(52-50(51-42)35-18-5-2-6-19-35)36-21-13-22-37(31-36)53-46-27-12-10-25-41(46)48-47(53)30-29-40-39-24-9-11-26-45(39)54(49(40)48)44-28-14-20-33-15-7-8-23-38(33)44/h1-34H;1-32H. The smallest absolute Gasteiger partial charge is 0.160 e. The van der Waals surface area contributed by atoms with Crippen molar-refractivity contribution in [2.24, 2.45) is 0 Å². The molecule has 0 spiro atoms. The second-order valence-electron chi connectivity index (χ2n) is 28.0. The van der Waals surface area contributed by atoms with Crippen LogP contribution in [-0.4, -0.2) is 38.2 Å². The van der Waals surface area contributed by atoms with Crippen LogP contribution in [0.2, 0.25) is 0 Å². The van der Waals surface area contributed by atoms with Gasteiger partial charge >= 0.3 is 0 Å². The van der Waals surface area contributed by atoms with E-state index in [9.17, 15) is 0 Å². The summed E-state index contributed by atoms with van der Waals surface area (Å²) in [4.78, 5) is 20.5. The first kappa shape index (κ1) is 63.6. The third-order valence-electron chi connectivity index (χ3n) is 21.6. The molecule has 0 fully saturated rings. The van der Waals surface area contributed by atoms with Gasteiger partial charge in [0.2, 0.25) is 0 Å². The molecule has 0 amide bonds. The molecule has 0 saturated heterocycles. The average molecular weight is 1400 g/mol. The van der Waals surface area contributed by atoms with E-state index in [-0.39, 0.29) is 0 Å². The molecule has 16 aromatic carbocycles. The molecule has 8 heteroatoms. The fourth-order valence-electron chi connectivity index (χ4n) is 16.7. The van der Waals surface area contributed by atoms with Gasteiger partial charge in [-0.25, -0.2) is 19.9 Å². The van der Waals surface area contributed by atoms with Crippen LogP contribution in [0, 0.1) is 0 Å². The molecule has 0 bridgehead atoms. The molecule has 6 aromatic heterocycles. The maximum atomic E-state index is 5.16. The number of hydrogen-bond acceptors (Lipinski definition) is 4. The summed E-state index contributed by atoms with van der Waals surface area (Å²) >= 11 is 0. The summed E-state index contributed by atoms with van der Waals surface area (Å²) in [5, 5.41) is 12.3. The van der Waals surface area contributed by atoms with Crippen molar-refractivity contribution in [1.29, 1.82) is 0 Å². The lowest BCUT2D eigenvalue weighted by Gasteiger charge is -2.13. The summed E-state index contributed by atoms with van der Waals surface area (Å²) in [6.45, 7) is 0. The van der Waals surface area contributed by atoms with Crippen LogP contribution in [-0.2, 0) is 0 Å². The quantitative estimate of drug-likeness (QED) is 0.129. The van der Waals surface area contributed by atoms with Crippen molar-refractivity contribution in [2.45, 2.75) is 0 Å². The topological polar surface area (TPSA) is 71.3 Å². The maximum absolute atomic E-state index is 5.16. The molecule has 6 heterocycles. The number of hydrogen-bond donors (Lipinski definition) is 0. The van der Waals surface area contributed by atoms with Crippen molar-refractivity contribution in [3.05, 3.63) is 400 Å². The normalized spacial score (nSPS) is 11.6. The lowest BCUT2D eigenvalue weighted by Crippen LogP contribution is -1.98. The predicted molar refractivity (Wildman–Crippen MR) is 457 cm³/mol. The first-order chi connectivity index (χ1) is 54.6. The Kier molecular flexibility index (Phi) is 15.4. The fourth-order valence-corrected chi connectivity index (χ4v) is 16.7. The summed E-state index contributed by atoms with van der Waals surface area (Å²) in [6.07, 6.45) is 0. The van der Waals surface area contributed by atoms with Gasteiger partial charge in [0.15, 0.2) is 11.6 Å². The Morgan fingerprint density at radius 2 is 0.500 bits per heavy atom. The van der Waals surface area contributed by atoms with Crippen LogP contribution in [0.15, 0.2) is 400 Å². The van der Waals surface area contributed by atoms with E-state index in [1.165, 1.54) is 92.7 Å². The Hall–Kier alpha value is -14.9. The van der Waals surface area contributed by atoms with Crippen LogP contribution >= 0.6 is 0 Å². The second kappa shape index (κ2) is 26.6. The van der Waals surface area contributed by atoms with Gasteiger partial charge in [0.25, 0.3) is 0 Å². The number of benzene rings is 16. The highest BCUT2D eigenvalue weighted by Gasteiger charge is 2.25. The monoisotopic (exact) mass is 1400 g/mol. The molecular formula is C102H66N8. The molecular weight excluding hydrogens is 1340 g/mol. The SMILES string of the molecule is c1ccc(-c2cc(-c3cccc(-n4c5ccccc5c5c4ccc4c6ccccc6n(-c6cccc7ccccc67)c45)c3)nc(-c3ccccc3)n2)cc1.c1ccc(-c2cccc(-n3c4ccccc4c4ccc5c(c6ccccc6n5-c5cccc(-c6nc(-c7ccccc7)cc(-c7ccccc7)n6)c5)c43)c2)cc1. The van der Waals surface area contributed by atoms with E-state index in [0.29, 0.717) is 11.6 Å².